The molecule has 0 aliphatic carbocycles. The molecular weight excluding hydrogens is 327 g/mol. The Morgan fingerprint density at radius 1 is 1.21 bits per heavy atom. The zero-order valence-corrected chi connectivity index (χ0v) is 13.9. The van der Waals surface area contributed by atoms with Crippen LogP contribution in [0.4, 0.5) is 10.1 Å². The van der Waals surface area contributed by atoms with Gasteiger partial charge in [0.1, 0.15) is 5.82 Å². The number of rotatable bonds is 4. The first kappa shape index (κ1) is 16.7. The summed E-state index contributed by atoms with van der Waals surface area (Å²) in [5.41, 5.74) is 2.55. The molecule has 24 heavy (non-hydrogen) atoms. The van der Waals surface area contributed by atoms with Gasteiger partial charge >= 0.3 is 0 Å². The summed E-state index contributed by atoms with van der Waals surface area (Å²) >= 11 is 5.92. The highest BCUT2D eigenvalue weighted by molar-refractivity contribution is 6.30. The molecule has 1 aliphatic rings. The average Bonchev–Trinajstić information content (AvgIpc) is 2.57. The molecule has 2 aromatic carbocycles. The number of anilines is 1. The quantitative estimate of drug-likeness (QED) is 0.899. The SMILES string of the molecule is O=C(Nc1cccc(Cl)c1)C1=CCN(Cc2ccc(F)cc2)CC1. The van der Waals surface area contributed by atoms with Crippen LogP contribution in [0.3, 0.4) is 0 Å². The van der Waals surface area contributed by atoms with E-state index in [-0.39, 0.29) is 11.7 Å². The van der Waals surface area contributed by atoms with Gasteiger partial charge in [0.2, 0.25) is 0 Å². The summed E-state index contributed by atoms with van der Waals surface area (Å²) in [4.78, 5) is 14.5. The van der Waals surface area contributed by atoms with Crippen molar-refractivity contribution in [2.75, 3.05) is 18.4 Å². The minimum atomic E-state index is -0.225. The second-order valence-electron chi connectivity index (χ2n) is 5.81. The first-order valence-electron chi connectivity index (χ1n) is 7.83. The smallest absolute Gasteiger partial charge is 0.251 e. The third-order valence-corrected chi connectivity index (χ3v) is 4.22. The van der Waals surface area contributed by atoms with Crippen LogP contribution in [-0.2, 0) is 11.3 Å². The molecule has 0 bridgehead atoms. The Kier molecular flexibility index (Phi) is 5.28. The van der Waals surface area contributed by atoms with Crippen molar-refractivity contribution in [3.05, 3.63) is 76.6 Å². The van der Waals surface area contributed by atoms with Gasteiger partial charge in [-0.1, -0.05) is 35.9 Å². The van der Waals surface area contributed by atoms with Gasteiger partial charge in [-0.15, -0.1) is 0 Å². The van der Waals surface area contributed by atoms with Crippen molar-refractivity contribution in [1.82, 2.24) is 4.90 Å². The van der Waals surface area contributed by atoms with Crippen LogP contribution in [0, 0.1) is 5.82 Å². The fourth-order valence-electron chi connectivity index (χ4n) is 2.69. The third-order valence-electron chi connectivity index (χ3n) is 3.99. The van der Waals surface area contributed by atoms with Crippen molar-refractivity contribution in [2.24, 2.45) is 0 Å². The number of nitrogens with zero attached hydrogens (tertiary/aromatic N) is 1. The van der Waals surface area contributed by atoms with Crippen LogP contribution in [0.2, 0.25) is 5.02 Å². The number of hydrogen-bond acceptors (Lipinski definition) is 2. The maximum atomic E-state index is 12.9. The fraction of sp³-hybridized carbons (Fsp3) is 0.211. The second-order valence-corrected chi connectivity index (χ2v) is 6.24. The number of carbonyl (C=O) groups excluding carboxylic acids is 1. The number of halogens is 2. The van der Waals surface area contributed by atoms with Crippen LogP contribution in [0.5, 0.6) is 0 Å². The fourth-order valence-corrected chi connectivity index (χ4v) is 2.88. The first-order chi connectivity index (χ1) is 11.6. The highest BCUT2D eigenvalue weighted by atomic mass is 35.5. The maximum absolute atomic E-state index is 12.9. The Bertz CT molecular complexity index is 758. The van der Waals surface area contributed by atoms with Crippen LogP contribution in [0.1, 0.15) is 12.0 Å². The van der Waals surface area contributed by atoms with E-state index in [0.717, 1.165) is 24.2 Å². The molecule has 1 N–H and O–H groups in total. The summed E-state index contributed by atoms with van der Waals surface area (Å²) < 4.78 is 12.9. The molecule has 0 saturated heterocycles. The highest BCUT2D eigenvalue weighted by Crippen LogP contribution is 2.18. The zero-order valence-electron chi connectivity index (χ0n) is 13.1. The van der Waals surface area contributed by atoms with Gasteiger partial charge in [-0.3, -0.25) is 9.69 Å². The molecule has 0 radical (unpaired) electrons. The van der Waals surface area contributed by atoms with E-state index in [0.29, 0.717) is 23.7 Å². The standard InChI is InChI=1S/C19H18ClFN2O/c20-16-2-1-3-18(12-16)22-19(24)15-8-10-23(11-9-15)13-14-4-6-17(21)7-5-14/h1-8,12H,9-11,13H2,(H,22,24). The molecule has 1 amide bonds. The Hall–Kier alpha value is -2.17. The summed E-state index contributed by atoms with van der Waals surface area (Å²) in [7, 11) is 0. The predicted octanol–water partition coefficient (Wildman–Crippen LogP) is 4.25. The van der Waals surface area contributed by atoms with Crippen molar-refractivity contribution in [2.45, 2.75) is 13.0 Å². The lowest BCUT2D eigenvalue weighted by atomic mass is 10.1. The van der Waals surface area contributed by atoms with E-state index in [1.165, 1.54) is 12.1 Å². The van der Waals surface area contributed by atoms with Crippen molar-refractivity contribution in [1.29, 1.82) is 0 Å². The van der Waals surface area contributed by atoms with Crippen LogP contribution in [0.15, 0.2) is 60.2 Å². The van der Waals surface area contributed by atoms with E-state index in [1.807, 2.05) is 12.1 Å². The van der Waals surface area contributed by atoms with E-state index in [9.17, 15) is 9.18 Å². The molecule has 3 rings (SSSR count). The topological polar surface area (TPSA) is 32.3 Å². The van der Waals surface area contributed by atoms with Gasteiger partial charge in [0.15, 0.2) is 0 Å². The number of hydrogen-bond donors (Lipinski definition) is 1. The van der Waals surface area contributed by atoms with Crippen LogP contribution in [0.25, 0.3) is 0 Å². The lowest BCUT2D eigenvalue weighted by molar-refractivity contribution is -0.113. The summed E-state index contributed by atoms with van der Waals surface area (Å²) in [5.74, 6) is -0.309. The van der Waals surface area contributed by atoms with Crippen molar-refractivity contribution < 1.29 is 9.18 Å². The lowest BCUT2D eigenvalue weighted by Gasteiger charge is -2.26. The third kappa shape index (κ3) is 4.43. The van der Waals surface area contributed by atoms with Gasteiger partial charge in [-0.2, -0.15) is 0 Å². The van der Waals surface area contributed by atoms with Crippen LogP contribution < -0.4 is 5.32 Å². The Morgan fingerprint density at radius 3 is 2.67 bits per heavy atom. The van der Waals surface area contributed by atoms with Gasteiger partial charge in [-0.05, 0) is 42.3 Å². The van der Waals surface area contributed by atoms with Gasteiger partial charge in [0.25, 0.3) is 5.91 Å². The molecule has 1 heterocycles. The molecule has 0 unspecified atom stereocenters. The second kappa shape index (κ2) is 7.60. The number of benzene rings is 2. The summed E-state index contributed by atoms with van der Waals surface area (Å²) in [6, 6.07) is 13.6. The predicted molar refractivity (Wildman–Crippen MR) is 94.5 cm³/mol. The van der Waals surface area contributed by atoms with Gasteiger partial charge in [-0.25, -0.2) is 4.39 Å². The highest BCUT2D eigenvalue weighted by Gasteiger charge is 2.17. The number of carbonyl (C=O) groups is 1. The van der Waals surface area contributed by atoms with E-state index in [1.54, 1.807) is 30.3 Å². The number of amides is 1. The van der Waals surface area contributed by atoms with E-state index in [4.69, 9.17) is 11.6 Å². The normalized spacial score (nSPS) is 15.0. The van der Waals surface area contributed by atoms with Crippen molar-refractivity contribution in [3.8, 4) is 0 Å². The monoisotopic (exact) mass is 344 g/mol. The lowest BCUT2D eigenvalue weighted by Crippen LogP contribution is -2.31. The molecule has 3 nitrogen and oxygen atoms in total. The van der Waals surface area contributed by atoms with E-state index < -0.39 is 0 Å². The van der Waals surface area contributed by atoms with E-state index in [2.05, 4.69) is 10.2 Å². The molecule has 2 aromatic rings. The first-order valence-corrected chi connectivity index (χ1v) is 8.21. The van der Waals surface area contributed by atoms with Gasteiger partial charge in [0.05, 0.1) is 0 Å². The molecule has 124 valence electrons. The summed E-state index contributed by atoms with van der Waals surface area (Å²) in [6.45, 7) is 2.25. The van der Waals surface area contributed by atoms with Crippen molar-refractivity contribution in [3.63, 3.8) is 0 Å². The molecule has 5 heteroatoms. The van der Waals surface area contributed by atoms with Gasteiger partial charge < -0.3 is 5.32 Å². The Morgan fingerprint density at radius 2 is 2.00 bits per heavy atom. The molecule has 0 fully saturated rings. The molecule has 0 spiro atoms. The largest absolute Gasteiger partial charge is 0.322 e. The maximum Gasteiger partial charge on any atom is 0.251 e. The van der Waals surface area contributed by atoms with Crippen LogP contribution >= 0.6 is 11.6 Å². The Labute approximate surface area is 145 Å². The minimum Gasteiger partial charge on any atom is -0.322 e. The zero-order chi connectivity index (χ0) is 16.9. The molecule has 0 atom stereocenters. The molecule has 1 aliphatic heterocycles. The van der Waals surface area contributed by atoms with Gasteiger partial charge in [0, 0.05) is 35.9 Å². The van der Waals surface area contributed by atoms with Crippen molar-refractivity contribution >= 4 is 23.2 Å². The van der Waals surface area contributed by atoms with Crippen LogP contribution in [-0.4, -0.2) is 23.9 Å². The summed E-state index contributed by atoms with van der Waals surface area (Å²) in [5, 5.41) is 3.46. The molecule has 0 saturated carbocycles. The summed E-state index contributed by atoms with van der Waals surface area (Å²) in [6.07, 6.45) is 2.64. The molecule has 0 aromatic heterocycles. The minimum absolute atomic E-state index is 0.0845. The average molecular weight is 345 g/mol. The number of nitrogens with one attached hydrogen (secondary N) is 1. The molecular formula is C19H18ClFN2O. The Balaban J connectivity index is 1.56. The van der Waals surface area contributed by atoms with E-state index >= 15 is 0 Å².